The standard InChI is InChI=1S/C19H34N4O5/c1-14(24)28-13-15-11-23(18(27)8-6-5-7-17(26)21-20)10-9-22(15)12-16(25)19(2,3)4/h15H,5-13,20H2,1-4H3,(H,21,26). The number of amides is 2. The molecular weight excluding hydrogens is 364 g/mol. The molecule has 28 heavy (non-hydrogen) atoms. The van der Waals surface area contributed by atoms with Crippen LogP contribution in [-0.4, -0.2) is 72.2 Å². The van der Waals surface area contributed by atoms with E-state index in [0.717, 1.165) is 0 Å². The van der Waals surface area contributed by atoms with Gasteiger partial charge in [-0.1, -0.05) is 20.8 Å². The van der Waals surface area contributed by atoms with E-state index < -0.39 is 5.41 Å². The first kappa shape index (κ1) is 24.0. The Hall–Kier alpha value is -2.00. The number of carbonyl (C=O) groups excluding carboxylic acids is 4. The SMILES string of the molecule is CC(=O)OCC1CN(C(=O)CCCCC(=O)NN)CCN1CC(=O)C(C)(C)C. The van der Waals surface area contributed by atoms with E-state index in [1.54, 1.807) is 4.90 Å². The third kappa shape index (κ3) is 8.35. The van der Waals surface area contributed by atoms with Crippen molar-refractivity contribution in [3.05, 3.63) is 0 Å². The van der Waals surface area contributed by atoms with Gasteiger partial charge in [0.1, 0.15) is 6.61 Å². The van der Waals surface area contributed by atoms with Gasteiger partial charge in [-0.25, -0.2) is 5.84 Å². The van der Waals surface area contributed by atoms with Crippen molar-refractivity contribution in [3.63, 3.8) is 0 Å². The molecule has 1 heterocycles. The van der Waals surface area contributed by atoms with Gasteiger partial charge in [-0.3, -0.25) is 29.5 Å². The van der Waals surface area contributed by atoms with Crippen molar-refractivity contribution in [2.45, 2.75) is 59.4 Å². The highest BCUT2D eigenvalue weighted by atomic mass is 16.5. The minimum atomic E-state index is -0.450. The lowest BCUT2D eigenvalue weighted by Crippen LogP contribution is -2.58. The number of carbonyl (C=O) groups is 4. The number of unbranched alkanes of at least 4 members (excludes halogenated alkanes) is 1. The van der Waals surface area contributed by atoms with Crippen LogP contribution in [0.4, 0.5) is 0 Å². The van der Waals surface area contributed by atoms with Crippen molar-refractivity contribution in [1.29, 1.82) is 0 Å². The highest BCUT2D eigenvalue weighted by Crippen LogP contribution is 2.19. The molecule has 1 atom stereocenters. The molecule has 9 nitrogen and oxygen atoms in total. The van der Waals surface area contributed by atoms with Gasteiger partial charge in [0.25, 0.3) is 0 Å². The van der Waals surface area contributed by atoms with E-state index in [4.69, 9.17) is 10.6 Å². The lowest BCUT2D eigenvalue weighted by molar-refractivity contribution is -0.145. The molecule has 1 fully saturated rings. The number of hydrogen-bond acceptors (Lipinski definition) is 7. The van der Waals surface area contributed by atoms with E-state index in [0.29, 0.717) is 45.3 Å². The van der Waals surface area contributed by atoms with Gasteiger partial charge < -0.3 is 9.64 Å². The van der Waals surface area contributed by atoms with Crippen LogP contribution in [0.15, 0.2) is 0 Å². The third-order valence-corrected chi connectivity index (χ3v) is 4.83. The first-order valence-corrected chi connectivity index (χ1v) is 9.72. The number of esters is 1. The number of nitrogens with two attached hydrogens (primary N) is 1. The summed E-state index contributed by atoms with van der Waals surface area (Å²) in [6.45, 7) is 8.87. The summed E-state index contributed by atoms with van der Waals surface area (Å²) in [6.07, 6.45) is 1.83. The van der Waals surface area contributed by atoms with Gasteiger partial charge in [0.05, 0.1) is 12.6 Å². The summed E-state index contributed by atoms with van der Waals surface area (Å²) in [5, 5.41) is 0. The van der Waals surface area contributed by atoms with E-state index in [2.05, 4.69) is 5.43 Å². The quantitative estimate of drug-likeness (QED) is 0.187. The largest absolute Gasteiger partial charge is 0.464 e. The molecule has 0 aromatic carbocycles. The van der Waals surface area contributed by atoms with Crippen molar-refractivity contribution in [2.24, 2.45) is 11.3 Å². The number of rotatable bonds is 9. The molecule has 1 aliphatic rings. The average molecular weight is 399 g/mol. The van der Waals surface area contributed by atoms with Gasteiger partial charge in [-0.15, -0.1) is 0 Å². The van der Waals surface area contributed by atoms with Gasteiger partial charge in [-0.05, 0) is 12.8 Å². The number of nitrogens with zero attached hydrogens (tertiary/aromatic N) is 2. The first-order valence-electron chi connectivity index (χ1n) is 9.72. The minimum absolute atomic E-state index is 0.00257. The molecule has 9 heteroatoms. The van der Waals surface area contributed by atoms with Crippen LogP contribution in [-0.2, 0) is 23.9 Å². The van der Waals surface area contributed by atoms with Crippen molar-refractivity contribution >= 4 is 23.6 Å². The van der Waals surface area contributed by atoms with Crippen LogP contribution in [0.3, 0.4) is 0 Å². The van der Waals surface area contributed by atoms with Crippen LogP contribution >= 0.6 is 0 Å². The molecule has 2 amide bonds. The molecule has 160 valence electrons. The lowest BCUT2D eigenvalue weighted by Gasteiger charge is -2.41. The number of ketones is 1. The van der Waals surface area contributed by atoms with Crippen molar-refractivity contribution < 1.29 is 23.9 Å². The number of ether oxygens (including phenoxy) is 1. The number of hydrogen-bond donors (Lipinski definition) is 2. The molecule has 3 N–H and O–H groups in total. The summed E-state index contributed by atoms with van der Waals surface area (Å²) in [7, 11) is 0. The van der Waals surface area contributed by atoms with E-state index >= 15 is 0 Å². The molecule has 1 rings (SSSR count). The summed E-state index contributed by atoms with van der Waals surface area (Å²) < 4.78 is 5.16. The molecule has 0 bridgehead atoms. The molecule has 0 aromatic rings. The molecular formula is C19H34N4O5. The molecule has 0 aliphatic carbocycles. The topological polar surface area (TPSA) is 122 Å². The number of piperazine rings is 1. The summed E-state index contributed by atoms with van der Waals surface area (Å²) in [5.74, 6) is 4.51. The molecule has 1 saturated heterocycles. The Morgan fingerprint density at radius 3 is 2.32 bits per heavy atom. The van der Waals surface area contributed by atoms with Gasteiger partial charge >= 0.3 is 5.97 Å². The summed E-state index contributed by atoms with van der Waals surface area (Å²) in [6, 6.07) is -0.212. The van der Waals surface area contributed by atoms with E-state index in [9.17, 15) is 19.2 Å². The number of hydrazine groups is 1. The van der Waals surface area contributed by atoms with Crippen LogP contribution in [0.2, 0.25) is 0 Å². The van der Waals surface area contributed by atoms with Crippen molar-refractivity contribution in [3.8, 4) is 0 Å². The fraction of sp³-hybridized carbons (Fsp3) is 0.789. The lowest BCUT2D eigenvalue weighted by atomic mass is 9.90. The third-order valence-electron chi connectivity index (χ3n) is 4.83. The number of Topliss-reactive ketones (excluding diaryl/α,β-unsaturated/α-hetero) is 1. The predicted molar refractivity (Wildman–Crippen MR) is 104 cm³/mol. The van der Waals surface area contributed by atoms with Crippen molar-refractivity contribution in [1.82, 2.24) is 15.2 Å². The zero-order valence-corrected chi connectivity index (χ0v) is 17.5. The molecule has 1 aliphatic heterocycles. The van der Waals surface area contributed by atoms with Gasteiger partial charge in [0.2, 0.25) is 11.8 Å². The molecule has 0 saturated carbocycles. The number of nitrogens with one attached hydrogen (secondary N) is 1. The van der Waals surface area contributed by atoms with Crippen LogP contribution in [0.1, 0.15) is 53.4 Å². The summed E-state index contributed by atoms with van der Waals surface area (Å²) >= 11 is 0. The zero-order chi connectivity index (χ0) is 21.3. The van der Waals surface area contributed by atoms with E-state index in [1.807, 2.05) is 25.7 Å². The zero-order valence-electron chi connectivity index (χ0n) is 17.5. The maximum atomic E-state index is 12.5. The maximum absolute atomic E-state index is 12.5. The smallest absolute Gasteiger partial charge is 0.302 e. The van der Waals surface area contributed by atoms with E-state index in [1.165, 1.54) is 6.92 Å². The normalized spacial score (nSPS) is 17.9. The Kier molecular flexibility index (Phi) is 9.54. The second-order valence-electron chi connectivity index (χ2n) is 8.21. The Morgan fingerprint density at radius 2 is 1.75 bits per heavy atom. The van der Waals surface area contributed by atoms with Crippen molar-refractivity contribution in [2.75, 3.05) is 32.8 Å². The Morgan fingerprint density at radius 1 is 1.11 bits per heavy atom. The Labute approximate surface area is 166 Å². The Balaban J connectivity index is 2.61. The highest BCUT2D eigenvalue weighted by molar-refractivity contribution is 5.85. The summed E-state index contributed by atoms with van der Waals surface area (Å²) in [5.41, 5.74) is 1.62. The van der Waals surface area contributed by atoms with Gasteiger partial charge in [-0.2, -0.15) is 0 Å². The van der Waals surface area contributed by atoms with Crippen LogP contribution in [0.5, 0.6) is 0 Å². The maximum Gasteiger partial charge on any atom is 0.302 e. The van der Waals surface area contributed by atoms with Crippen LogP contribution in [0, 0.1) is 5.41 Å². The van der Waals surface area contributed by atoms with E-state index in [-0.39, 0.29) is 42.8 Å². The fourth-order valence-corrected chi connectivity index (χ4v) is 2.91. The van der Waals surface area contributed by atoms with Crippen LogP contribution < -0.4 is 11.3 Å². The molecule has 0 radical (unpaired) electrons. The molecule has 0 aromatic heterocycles. The summed E-state index contributed by atoms with van der Waals surface area (Å²) in [4.78, 5) is 51.0. The molecule has 0 spiro atoms. The first-order chi connectivity index (χ1) is 13.0. The highest BCUT2D eigenvalue weighted by Gasteiger charge is 2.33. The van der Waals surface area contributed by atoms with Crippen LogP contribution in [0.25, 0.3) is 0 Å². The minimum Gasteiger partial charge on any atom is -0.464 e. The Bertz CT molecular complexity index is 573. The second kappa shape index (κ2) is 11.1. The molecule has 1 unspecified atom stereocenters. The fourth-order valence-electron chi connectivity index (χ4n) is 2.91. The second-order valence-corrected chi connectivity index (χ2v) is 8.21. The monoisotopic (exact) mass is 398 g/mol. The van der Waals surface area contributed by atoms with Gasteiger partial charge in [0, 0.05) is 44.8 Å². The average Bonchev–Trinajstić information content (AvgIpc) is 2.62. The predicted octanol–water partition coefficient (Wildman–Crippen LogP) is 0.228. The van der Waals surface area contributed by atoms with Gasteiger partial charge in [0.15, 0.2) is 5.78 Å².